The SMILES string of the molecule is COc1cccc(-c2cc(Nc3ccnc(Cl)n3)on2)c1. The third-order valence-electron chi connectivity index (χ3n) is 2.75. The number of rotatable bonds is 4. The van der Waals surface area contributed by atoms with E-state index in [0.717, 1.165) is 11.3 Å². The molecule has 0 saturated heterocycles. The second-order valence-corrected chi connectivity index (χ2v) is 4.48. The van der Waals surface area contributed by atoms with Gasteiger partial charge in [0.05, 0.1) is 7.11 Å². The van der Waals surface area contributed by atoms with Crippen LogP contribution < -0.4 is 10.1 Å². The lowest BCUT2D eigenvalue weighted by atomic mass is 10.1. The molecule has 0 saturated carbocycles. The molecule has 3 aromatic rings. The predicted octanol–water partition coefficient (Wildman–Crippen LogP) is 3.54. The van der Waals surface area contributed by atoms with Crippen LogP contribution in [0.25, 0.3) is 11.3 Å². The zero-order chi connectivity index (χ0) is 14.7. The summed E-state index contributed by atoms with van der Waals surface area (Å²) in [7, 11) is 1.62. The van der Waals surface area contributed by atoms with E-state index < -0.39 is 0 Å². The van der Waals surface area contributed by atoms with Crippen LogP contribution >= 0.6 is 11.6 Å². The van der Waals surface area contributed by atoms with E-state index in [4.69, 9.17) is 20.9 Å². The first kappa shape index (κ1) is 13.4. The van der Waals surface area contributed by atoms with Crippen LogP contribution in [-0.2, 0) is 0 Å². The molecule has 1 aromatic carbocycles. The Morgan fingerprint density at radius 1 is 1.24 bits per heavy atom. The van der Waals surface area contributed by atoms with Gasteiger partial charge < -0.3 is 14.6 Å². The Morgan fingerprint density at radius 2 is 2.14 bits per heavy atom. The molecule has 0 aliphatic carbocycles. The fraction of sp³-hybridized carbons (Fsp3) is 0.0714. The van der Waals surface area contributed by atoms with Gasteiger partial charge in [0, 0.05) is 17.8 Å². The van der Waals surface area contributed by atoms with Gasteiger partial charge in [0.1, 0.15) is 17.3 Å². The van der Waals surface area contributed by atoms with Crippen molar-refractivity contribution in [2.75, 3.05) is 12.4 Å². The van der Waals surface area contributed by atoms with Gasteiger partial charge >= 0.3 is 0 Å². The Hall–Kier alpha value is -2.60. The molecular formula is C14H11ClN4O2. The van der Waals surface area contributed by atoms with Gasteiger partial charge in [-0.3, -0.25) is 0 Å². The number of hydrogen-bond donors (Lipinski definition) is 1. The maximum Gasteiger partial charge on any atom is 0.230 e. The van der Waals surface area contributed by atoms with Gasteiger partial charge in [0.25, 0.3) is 0 Å². The summed E-state index contributed by atoms with van der Waals surface area (Å²) in [6, 6.07) is 11.0. The number of benzene rings is 1. The lowest BCUT2D eigenvalue weighted by molar-refractivity contribution is 0.414. The topological polar surface area (TPSA) is 73.1 Å². The lowest BCUT2D eigenvalue weighted by Gasteiger charge is -2.00. The summed E-state index contributed by atoms with van der Waals surface area (Å²) in [6.45, 7) is 0. The average Bonchev–Trinajstić information content (AvgIpc) is 2.96. The molecule has 0 amide bonds. The molecule has 0 bridgehead atoms. The first-order valence-corrected chi connectivity index (χ1v) is 6.49. The Morgan fingerprint density at radius 3 is 2.95 bits per heavy atom. The molecule has 2 heterocycles. The number of ether oxygens (including phenoxy) is 1. The van der Waals surface area contributed by atoms with Crippen LogP contribution in [0.5, 0.6) is 5.75 Å². The summed E-state index contributed by atoms with van der Waals surface area (Å²) in [5.41, 5.74) is 1.59. The largest absolute Gasteiger partial charge is 0.497 e. The van der Waals surface area contributed by atoms with Crippen LogP contribution in [0.15, 0.2) is 47.1 Å². The minimum atomic E-state index is 0.160. The monoisotopic (exact) mass is 302 g/mol. The Bertz CT molecular complexity index is 760. The molecule has 21 heavy (non-hydrogen) atoms. The third kappa shape index (κ3) is 3.11. The first-order valence-electron chi connectivity index (χ1n) is 6.11. The number of methoxy groups -OCH3 is 1. The standard InChI is InChI=1S/C14H11ClN4O2/c1-20-10-4-2-3-9(7-10)11-8-13(21-19-11)17-12-5-6-16-14(15)18-12/h2-8H,1H3,(H,16,17,18). The van der Waals surface area contributed by atoms with Crippen molar-refractivity contribution in [3.05, 3.63) is 47.9 Å². The molecule has 0 aliphatic heterocycles. The van der Waals surface area contributed by atoms with Crippen molar-refractivity contribution >= 4 is 23.3 Å². The van der Waals surface area contributed by atoms with Crippen molar-refractivity contribution in [3.8, 4) is 17.0 Å². The van der Waals surface area contributed by atoms with E-state index in [1.54, 1.807) is 25.4 Å². The number of halogens is 1. The van der Waals surface area contributed by atoms with Gasteiger partial charge in [0.2, 0.25) is 11.2 Å². The van der Waals surface area contributed by atoms with Crippen LogP contribution in [-0.4, -0.2) is 22.2 Å². The summed E-state index contributed by atoms with van der Waals surface area (Å²) in [5.74, 6) is 1.75. The zero-order valence-corrected chi connectivity index (χ0v) is 11.8. The molecule has 6 nitrogen and oxygen atoms in total. The van der Waals surface area contributed by atoms with Gasteiger partial charge in [-0.2, -0.15) is 0 Å². The van der Waals surface area contributed by atoms with Crippen LogP contribution in [0.1, 0.15) is 0 Å². The van der Waals surface area contributed by atoms with E-state index in [9.17, 15) is 0 Å². The minimum absolute atomic E-state index is 0.160. The number of anilines is 2. The molecule has 0 spiro atoms. The zero-order valence-electron chi connectivity index (χ0n) is 11.1. The van der Waals surface area contributed by atoms with Gasteiger partial charge in [0.15, 0.2) is 0 Å². The summed E-state index contributed by atoms with van der Waals surface area (Å²) < 4.78 is 10.4. The highest BCUT2D eigenvalue weighted by atomic mass is 35.5. The van der Waals surface area contributed by atoms with Crippen LogP contribution in [0.4, 0.5) is 11.7 Å². The molecule has 0 unspecified atom stereocenters. The summed E-state index contributed by atoms with van der Waals surface area (Å²) in [6.07, 6.45) is 1.55. The quantitative estimate of drug-likeness (QED) is 0.743. The molecule has 1 N–H and O–H groups in total. The molecule has 7 heteroatoms. The second kappa shape index (κ2) is 5.80. The highest BCUT2D eigenvalue weighted by Gasteiger charge is 2.08. The maximum atomic E-state index is 5.72. The van der Waals surface area contributed by atoms with Crippen molar-refractivity contribution in [2.24, 2.45) is 0 Å². The van der Waals surface area contributed by atoms with Crippen molar-refractivity contribution in [1.29, 1.82) is 0 Å². The van der Waals surface area contributed by atoms with E-state index >= 15 is 0 Å². The van der Waals surface area contributed by atoms with E-state index in [2.05, 4.69) is 20.4 Å². The van der Waals surface area contributed by atoms with Crippen LogP contribution in [0, 0.1) is 0 Å². The fourth-order valence-electron chi connectivity index (χ4n) is 1.78. The average molecular weight is 303 g/mol. The Labute approximate surface area is 125 Å². The van der Waals surface area contributed by atoms with Crippen molar-refractivity contribution in [3.63, 3.8) is 0 Å². The molecule has 0 aliphatic rings. The van der Waals surface area contributed by atoms with Crippen LogP contribution in [0.2, 0.25) is 5.28 Å². The van der Waals surface area contributed by atoms with Gasteiger partial charge in [-0.1, -0.05) is 17.3 Å². The molecular weight excluding hydrogens is 292 g/mol. The molecule has 0 radical (unpaired) electrons. The third-order valence-corrected chi connectivity index (χ3v) is 2.94. The number of nitrogens with zero attached hydrogens (tertiary/aromatic N) is 3. The smallest absolute Gasteiger partial charge is 0.230 e. The highest BCUT2D eigenvalue weighted by Crippen LogP contribution is 2.26. The molecule has 0 fully saturated rings. The normalized spacial score (nSPS) is 10.4. The highest BCUT2D eigenvalue weighted by molar-refractivity contribution is 6.28. The fourth-order valence-corrected chi connectivity index (χ4v) is 1.93. The summed E-state index contributed by atoms with van der Waals surface area (Å²) in [4.78, 5) is 7.82. The number of nitrogens with one attached hydrogen (secondary N) is 1. The lowest BCUT2D eigenvalue weighted by Crippen LogP contribution is -1.92. The molecule has 3 rings (SSSR count). The van der Waals surface area contributed by atoms with E-state index in [0.29, 0.717) is 17.4 Å². The van der Waals surface area contributed by atoms with Crippen molar-refractivity contribution < 1.29 is 9.26 Å². The second-order valence-electron chi connectivity index (χ2n) is 4.14. The summed E-state index contributed by atoms with van der Waals surface area (Å²) >= 11 is 5.72. The van der Waals surface area contributed by atoms with Crippen LogP contribution in [0.3, 0.4) is 0 Å². The Kier molecular flexibility index (Phi) is 3.70. The number of hydrogen-bond acceptors (Lipinski definition) is 6. The van der Waals surface area contributed by atoms with E-state index in [-0.39, 0.29) is 5.28 Å². The summed E-state index contributed by atoms with van der Waals surface area (Å²) in [5, 5.41) is 7.14. The first-order chi connectivity index (χ1) is 10.2. The van der Waals surface area contributed by atoms with E-state index in [1.807, 2.05) is 24.3 Å². The molecule has 106 valence electrons. The molecule has 2 aromatic heterocycles. The minimum Gasteiger partial charge on any atom is -0.497 e. The predicted molar refractivity (Wildman–Crippen MR) is 78.8 cm³/mol. The van der Waals surface area contributed by atoms with Crippen molar-refractivity contribution in [2.45, 2.75) is 0 Å². The van der Waals surface area contributed by atoms with Crippen molar-refractivity contribution in [1.82, 2.24) is 15.1 Å². The van der Waals surface area contributed by atoms with Gasteiger partial charge in [-0.05, 0) is 29.8 Å². The molecule has 0 atom stereocenters. The van der Waals surface area contributed by atoms with Gasteiger partial charge in [-0.15, -0.1) is 0 Å². The Balaban J connectivity index is 1.82. The number of aromatic nitrogens is 3. The maximum absolute atomic E-state index is 5.72. The van der Waals surface area contributed by atoms with E-state index in [1.165, 1.54) is 0 Å². The van der Waals surface area contributed by atoms with Gasteiger partial charge in [-0.25, -0.2) is 9.97 Å².